The number of piperidine rings is 1. The molecule has 1 aliphatic carbocycles. The Morgan fingerprint density at radius 3 is 2.74 bits per heavy atom. The standard InChI is InChI=1S/C30H35N5/c1-20(33-13-6-11-25(31)19-33)24-15-23-10-5-14-34-29(23)26(16-24)32-30(34)28-17-22-9-2-3-12-27(22)35(28)18-21-7-4-8-21/h2-3,9,12,15-17,21,25H,1,4-8,10-11,13-14,18-19,31H2. The molecule has 5 heteroatoms. The molecule has 2 aromatic carbocycles. The number of aromatic nitrogens is 3. The highest BCUT2D eigenvalue weighted by Crippen LogP contribution is 2.38. The van der Waals surface area contributed by atoms with Gasteiger partial charge in [-0.05, 0) is 79.8 Å². The number of fused-ring (bicyclic) bond motifs is 1. The second-order valence-electron chi connectivity index (χ2n) is 11.0. The highest BCUT2D eigenvalue weighted by atomic mass is 15.2. The summed E-state index contributed by atoms with van der Waals surface area (Å²) < 4.78 is 5.04. The molecule has 0 amide bonds. The van der Waals surface area contributed by atoms with E-state index < -0.39 is 0 Å². The summed E-state index contributed by atoms with van der Waals surface area (Å²) in [7, 11) is 0. The van der Waals surface area contributed by atoms with Crippen molar-refractivity contribution < 1.29 is 0 Å². The van der Waals surface area contributed by atoms with Crippen LogP contribution >= 0.6 is 0 Å². The van der Waals surface area contributed by atoms with Crippen LogP contribution in [0.3, 0.4) is 0 Å². The molecule has 4 heterocycles. The van der Waals surface area contributed by atoms with Crippen LogP contribution in [0.15, 0.2) is 49.0 Å². The van der Waals surface area contributed by atoms with E-state index in [4.69, 9.17) is 10.7 Å². The van der Waals surface area contributed by atoms with Crippen LogP contribution in [0.1, 0.15) is 49.7 Å². The monoisotopic (exact) mass is 465 g/mol. The summed E-state index contributed by atoms with van der Waals surface area (Å²) in [5.41, 5.74) is 15.0. The van der Waals surface area contributed by atoms with Crippen molar-refractivity contribution in [3.05, 3.63) is 60.2 Å². The fourth-order valence-corrected chi connectivity index (χ4v) is 6.52. The van der Waals surface area contributed by atoms with E-state index in [0.717, 1.165) is 74.8 Å². The van der Waals surface area contributed by atoms with Gasteiger partial charge < -0.3 is 19.8 Å². The number of hydrogen-bond donors (Lipinski definition) is 1. The number of hydrogen-bond acceptors (Lipinski definition) is 3. The first kappa shape index (κ1) is 21.3. The summed E-state index contributed by atoms with van der Waals surface area (Å²) in [6, 6.07) is 16.1. The molecule has 180 valence electrons. The van der Waals surface area contributed by atoms with Gasteiger partial charge in [-0.3, -0.25) is 0 Å². The van der Waals surface area contributed by atoms with Gasteiger partial charge in [-0.15, -0.1) is 0 Å². The van der Waals surface area contributed by atoms with Crippen molar-refractivity contribution in [3.63, 3.8) is 0 Å². The van der Waals surface area contributed by atoms with Gasteiger partial charge in [0.15, 0.2) is 5.82 Å². The molecule has 35 heavy (non-hydrogen) atoms. The van der Waals surface area contributed by atoms with Crippen molar-refractivity contribution >= 4 is 27.6 Å². The van der Waals surface area contributed by atoms with Gasteiger partial charge in [0.25, 0.3) is 0 Å². The first-order valence-electron chi connectivity index (χ1n) is 13.5. The van der Waals surface area contributed by atoms with Crippen molar-refractivity contribution in [1.82, 2.24) is 19.0 Å². The van der Waals surface area contributed by atoms with Crippen LogP contribution < -0.4 is 5.73 Å². The zero-order valence-corrected chi connectivity index (χ0v) is 20.5. The number of aryl methyl sites for hydroxylation is 2. The molecule has 2 fully saturated rings. The molecule has 1 saturated heterocycles. The highest BCUT2D eigenvalue weighted by molar-refractivity contribution is 5.90. The van der Waals surface area contributed by atoms with Crippen molar-refractivity contribution in [2.24, 2.45) is 11.7 Å². The van der Waals surface area contributed by atoms with Gasteiger partial charge in [0, 0.05) is 48.8 Å². The lowest BCUT2D eigenvalue weighted by Gasteiger charge is -2.34. The van der Waals surface area contributed by atoms with Crippen molar-refractivity contribution in [1.29, 1.82) is 0 Å². The molecule has 1 saturated carbocycles. The van der Waals surface area contributed by atoms with Crippen LogP contribution in [0.5, 0.6) is 0 Å². The molecule has 0 bridgehead atoms. The van der Waals surface area contributed by atoms with Crippen LogP contribution in [0, 0.1) is 5.92 Å². The van der Waals surface area contributed by atoms with Crippen molar-refractivity contribution in [3.8, 4) is 11.5 Å². The smallest absolute Gasteiger partial charge is 0.157 e. The third-order valence-electron chi connectivity index (χ3n) is 8.63. The minimum atomic E-state index is 0.242. The fraction of sp³-hybridized carbons (Fsp3) is 0.433. The van der Waals surface area contributed by atoms with Crippen LogP contribution in [0.4, 0.5) is 0 Å². The van der Waals surface area contributed by atoms with E-state index in [1.54, 1.807) is 0 Å². The molecule has 2 aromatic heterocycles. The van der Waals surface area contributed by atoms with Gasteiger partial charge in [-0.25, -0.2) is 4.98 Å². The summed E-state index contributed by atoms with van der Waals surface area (Å²) in [5.74, 6) is 1.91. The number of nitrogens with two attached hydrogens (primary N) is 1. The molecule has 0 spiro atoms. The number of benzene rings is 2. The number of likely N-dealkylation sites (tertiary alicyclic amines) is 1. The maximum atomic E-state index is 6.28. The highest BCUT2D eigenvalue weighted by Gasteiger charge is 2.26. The summed E-state index contributed by atoms with van der Waals surface area (Å²) in [4.78, 5) is 7.70. The topological polar surface area (TPSA) is 52.0 Å². The molecule has 1 atom stereocenters. The van der Waals surface area contributed by atoms with Gasteiger partial charge in [0.1, 0.15) is 0 Å². The van der Waals surface area contributed by atoms with E-state index in [9.17, 15) is 0 Å². The molecule has 3 aliphatic rings. The largest absolute Gasteiger partial charge is 0.370 e. The Balaban J connectivity index is 1.35. The van der Waals surface area contributed by atoms with Crippen LogP contribution in [-0.4, -0.2) is 38.1 Å². The first-order chi connectivity index (χ1) is 17.2. The summed E-state index contributed by atoms with van der Waals surface area (Å²) in [5, 5.41) is 1.31. The van der Waals surface area contributed by atoms with Crippen LogP contribution in [-0.2, 0) is 19.5 Å². The Hall–Kier alpha value is -3.05. The van der Waals surface area contributed by atoms with E-state index in [1.165, 1.54) is 52.5 Å². The predicted octanol–water partition coefficient (Wildman–Crippen LogP) is 5.80. The van der Waals surface area contributed by atoms with Crippen molar-refractivity contribution in [2.75, 3.05) is 13.1 Å². The Kier molecular flexibility index (Phi) is 5.02. The van der Waals surface area contributed by atoms with Gasteiger partial charge >= 0.3 is 0 Å². The third kappa shape index (κ3) is 3.51. The Bertz CT molecular complexity index is 1440. The quantitative estimate of drug-likeness (QED) is 0.405. The van der Waals surface area contributed by atoms with Gasteiger partial charge in [0.2, 0.25) is 0 Å². The van der Waals surface area contributed by atoms with Gasteiger partial charge in [-0.2, -0.15) is 0 Å². The van der Waals surface area contributed by atoms with E-state index in [0.29, 0.717) is 0 Å². The second kappa shape index (κ2) is 8.27. The first-order valence-corrected chi connectivity index (χ1v) is 13.5. The molecular weight excluding hydrogens is 430 g/mol. The Labute approximate surface area is 207 Å². The summed E-state index contributed by atoms with van der Waals surface area (Å²) in [6.45, 7) is 8.56. The Morgan fingerprint density at radius 1 is 1.03 bits per heavy atom. The molecule has 0 radical (unpaired) electrons. The van der Waals surface area contributed by atoms with Crippen LogP contribution in [0.25, 0.3) is 39.2 Å². The molecule has 5 nitrogen and oxygen atoms in total. The van der Waals surface area contributed by atoms with E-state index in [-0.39, 0.29) is 6.04 Å². The maximum absolute atomic E-state index is 6.28. The van der Waals surface area contributed by atoms with Crippen molar-refractivity contribution in [2.45, 2.75) is 64.1 Å². The summed E-state index contributed by atoms with van der Waals surface area (Å²) >= 11 is 0. The molecule has 4 aromatic rings. The lowest BCUT2D eigenvalue weighted by molar-refractivity contribution is 0.280. The lowest BCUT2D eigenvalue weighted by Crippen LogP contribution is -2.41. The van der Waals surface area contributed by atoms with E-state index in [2.05, 4.69) is 63.1 Å². The number of rotatable bonds is 5. The van der Waals surface area contributed by atoms with Gasteiger partial charge in [-0.1, -0.05) is 31.2 Å². The van der Waals surface area contributed by atoms with Crippen LogP contribution in [0.2, 0.25) is 0 Å². The normalized spacial score (nSPS) is 20.5. The summed E-state index contributed by atoms with van der Waals surface area (Å²) in [6.07, 6.45) is 8.56. The minimum absolute atomic E-state index is 0.242. The minimum Gasteiger partial charge on any atom is -0.370 e. The third-order valence-corrected chi connectivity index (χ3v) is 8.63. The molecule has 2 aliphatic heterocycles. The lowest BCUT2D eigenvalue weighted by atomic mass is 9.85. The average molecular weight is 466 g/mol. The fourth-order valence-electron chi connectivity index (χ4n) is 6.52. The Morgan fingerprint density at radius 2 is 1.91 bits per heavy atom. The van der Waals surface area contributed by atoms with E-state index in [1.807, 2.05) is 0 Å². The van der Waals surface area contributed by atoms with E-state index >= 15 is 0 Å². The number of para-hydroxylation sites is 1. The molecule has 2 N–H and O–H groups in total. The number of nitrogens with zero attached hydrogens (tertiary/aromatic N) is 4. The molecular formula is C30H35N5. The zero-order valence-electron chi connectivity index (χ0n) is 20.5. The van der Waals surface area contributed by atoms with Gasteiger partial charge in [0.05, 0.1) is 16.7 Å². The molecule has 1 unspecified atom stereocenters. The SMILES string of the molecule is C=C(c1cc2c3c(c1)nc(-c1cc4ccccc4n1CC1CCC1)n3CCC2)N1CCCC(N)C1. The average Bonchev–Trinajstić information content (AvgIpc) is 3.40. The number of imidazole rings is 1. The predicted molar refractivity (Wildman–Crippen MR) is 144 cm³/mol. The second-order valence-corrected chi connectivity index (χ2v) is 11.0. The molecule has 7 rings (SSSR count). The maximum Gasteiger partial charge on any atom is 0.157 e. The zero-order chi connectivity index (χ0) is 23.5.